The summed E-state index contributed by atoms with van der Waals surface area (Å²) in [6.45, 7) is 9.30. The lowest BCUT2D eigenvalue weighted by molar-refractivity contribution is 0.231. The van der Waals surface area contributed by atoms with Crippen LogP contribution >= 0.6 is 0 Å². The molecule has 1 aromatic rings. The molecule has 0 fully saturated rings. The molecule has 1 atom stereocenters. The van der Waals surface area contributed by atoms with Crippen molar-refractivity contribution in [2.24, 2.45) is 5.92 Å². The van der Waals surface area contributed by atoms with Crippen molar-refractivity contribution in [3.63, 3.8) is 0 Å². The lowest BCUT2D eigenvalue weighted by atomic mass is 10.1. The largest absolute Gasteiger partial charge is 0.475 e. The van der Waals surface area contributed by atoms with Crippen molar-refractivity contribution in [3.8, 4) is 5.88 Å². The number of halogens is 1. The lowest BCUT2D eigenvalue weighted by Crippen LogP contribution is -2.22. The number of hydrogen-bond acceptors (Lipinski definition) is 3. The normalized spacial score (nSPS) is 12.7. The van der Waals surface area contributed by atoms with E-state index in [2.05, 4.69) is 24.1 Å². The van der Waals surface area contributed by atoms with Crippen molar-refractivity contribution in [2.45, 2.75) is 53.1 Å². The molecule has 0 saturated carbocycles. The zero-order valence-electron chi connectivity index (χ0n) is 12.4. The number of nitrogens with zero attached hydrogens (tertiary/aromatic N) is 1. The average Bonchev–Trinajstić information content (AvgIpc) is 2.36. The molecule has 1 rings (SSSR count). The van der Waals surface area contributed by atoms with Gasteiger partial charge in [-0.2, -0.15) is 0 Å². The molecule has 3 nitrogen and oxygen atoms in total. The van der Waals surface area contributed by atoms with Crippen LogP contribution in [0.3, 0.4) is 0 Å². The molecule has 0 radical (unpaired) electrons. The third kappa shape index (κ3) is 5.55. The maximum Gasteiger partial charge on any atom is 0.250 e. The molecule has 1 unspecified atom stereocenters. The fourth-order valence-corrected chi connectivity index (χ4v) is 1.81. The maximum absolute atomic E-state index is 14.1. The highest BCUT2D eigenvalue weighted by atomic mass is 19.1. The molecule has 108 valence electrons. The summed E-state index contributed by atoms with van der Waals surface area (Å²) in [5.74, 6) is 0.189. The topological polar surface area (TPSA) is 34.1 Å². The number of hydrogen-bond donors (Lipinski definition) is 1. The van der Waals surface area contributed by atoms with Crippen LogP contribution in [0, 0.1) is 11.7 Å². The van der Waals surface area contributed by atoms with Crippen LogP contribution in [0.25, 0.3) is 0 Å². The van der Waals surface area contributed by atoms with E-state index in [4.69, 9.17) is 4.74 Å². The van der Waals surface area contributed by atoms with Gasteiger partial charge in [-0.15, -0.1) is 0 Å². The summed E-state index contributed by atoms with van der Waals surface area (Å²) in [5, 5.41) is 3.19. The van der Waals surface area contributed by atoms with E-state index >= 15 is 0 Å². The van der Waals surface area contributed by atoms with Gasteiger partial charge < -0.3 is 10.1 Å². The van der Waals surface area contributed by atoms with Gasteiger partial charge in [-0.25, -0.2) is 9.37 Å². The van der Waals surface area contributed by atoms with Gasteiger partial charge in [-0.05, 0) is 18.4 Å². The van der Waals surface area contributed by atoms with Crippen LogP contribution in [0.5, 0.6) is 5.88 Å². The van der Waals surface area contributed by atoms with Crippen LogP contribution in [-0.2, 0) is 6.54 Å². The minimum Gasteiger partial charge on any atom is -0.475 e. The first kappa shape index (κ1) is 15.9. The van der Waals surface area contributed by atoms with Crippen LogP contribution in [0.2, 0.25) is 0 Å². The van der Waals surface area contributed by atoms with Crippen LogP contribution in [0.15, 0.2) is 12.3 Å². The Morgan fingerprint density at radius 3 is 2.74 bits per heavy atom. The molecule has 0 aliphatic carbocycles. The molecule has 0 saturated heterocycles. The van der Waals surface area contributed by atoms with E-state index in [-0.39, 0.29) is 11.7 Å². The maximum atomic E-state index is 14.1. The van der Waals surface area contributed by atoms with E-state index < -0.39 is 0 Å². The average molecular weight is 268 g/mol. The standard InChI is InChI=1S/C15H25FN2O/c1-5-6-12(4)10-19-15-14(16)13(7-8-17-15)9-18-11(2)3/h7-8,11-12,18H,5-6,9-10H2,1-4H3. The molecule has 19 heavy (non-hydrogen) atoms. The summed E-state index contributed by atoms with van der Waals surface area (Å²) >= 11 is 0. The van der Waals surface area contributed by atoms with Crippen molar-refractivity contribution in [1.29, 1.82) is 0 Å². The van der Waals surface area contributed by atoms with E-state index in [0.717, 1.165) is 12.8 Å². The highest BCUT2D eigenvalue weighted by Gasteiger charge is 2.12. The Labute approximate surface area is 115 Å². The first-order valence-corrected chi connectivity index (χ1v) is 7.04. The molecule has 0 aliphatic rings. The van der Waals surface area contributed by atoms with Crippen LogP contribution < -0.4 is 10.1 Å². The summed E-state index contributed by atoms with van der Waals surface area (Å²) in [5.41, 5.74) is 0.599. The Kier molecular flexibility index (Phi) is 6.78. The second-order valence-electron chi connectivity index (χ2n) is 5.33. The van der Waals surface area contributed by atoms with E-state index in [1.165, 1.54) is 0 Å². The van der Waals surface area contributed by atoms with Crippen LogP contribution in [0.1, 0.15) is 46.1 Å². The summed E-state index contributed by atoms with van der Waals surface area (Å²) in [7, 11) is 0. The minimum atomic E-state index is -0.348. The monoisotopic (exact) mass is 268 g/mol. The van der Waals surface area contributed by atoms with Gasteiger partial charge in [0.25, 0.3) is 5.88 Å². The molecular formula is C15H25FN2O. The third-order valence-corrected chi connectivity index (χ3v) is 2.92. The SMILES string of the molecule is CCCC(C)COc1nccc(CNC(C)C)c1F. The Morgan fingerprint density at radius 1 is 1.37 bits per heavy atom. The summed E-state index contributed by atoms with van der Waals surface area (Å²) in [6.07, 6.45) is 3.79. The van der Waals surface area contributed by atoms with Gasteiger partial charge >= 0.3 is 0 Å². The van der Waals surface area contributed by atoms with Crippen molar-refractivity contribution < 1.29 is 9.13 Å². The molecule has 0 amide bonds. The van der Waals surface area contributed by atoms with Gasteiger partial charge in [-0.1, -0.05) is 34.1 Å². The minimum absolute atomic E-state index is 0.117. The molecule has 0 aliphatic heterocycles. The van der Waals surface area contributed by atoms with Gasteiger partial charge in [0.1, 0.15) is 0 Å². The predicted molar refractivity (Wildman–Crippen MR) is 75.7 cm³/mol. The number of pyridine rings is 1. The van der Waals surface area contributed by atoms with Crippen molar-refractivity contribution in [3.05, 3.63) is 23.6 Å². The zero-order valence-corrected chi connectivity index (χ0v) is 12.4. The molecular weight excluding hydrogens is 243 g/mol. The highest BCUT2D eigenvalue weighted by molar-refractivity contribution is 5.23. The van der Waals surface area contributed by atoms with Crippen LogP contribution in [-0.4, -0.2) is 17.6 Å². The highest BCUT2D eigenvalue weighted by Crippen LogP contribution is 2.18. The second-order valence-corrected chi connectivity index (χ2v) is 5.33. The van der Waals surface area contributed by atoms with Crippen molar-refractivity contribution in [1.82, 2.24) is 10.3 Å². The zero-order chi connectivity index (χ0) is 14.3. The smallest absolute Gasteiger partial charge is 0.250 e. The second kappa shape index (κ2) is 8.10. The summed E-state index contributed by atoms with van der Waals surface area (Å²) < 4.78 is 19.6. The number of ether oxygens (including phenoxy) is 1. The fraction of sp³-hybridized carbons (Fsp3) is 0.667. The molecule has 1 aromatic heterocycles. The molecule has 1 N–H and O–H groups in total. The number of nitrogens with one attached hydrogen (secondary N) is 1. The van der Waals surface area contributed by atoms with E-state index in [9.17, 15) is 4.39 Å². The first-order valence-electron chi connectivity index (χ1n) is 7.04. The van der Waals surface area contributed by atoms with E-state index in [1.54, 1.807) is 12.3 Å². The van der Waals surface area contributed by atoms with Gasteiger partial charge in [0.15, 0.2) is 5.82 Å². The van der Waals surface area contributed by atoms with E-state index in [1.807, 2.05) is 13.8 Å². The van der Waals surface area contributed by atoms with E-state index in [0.29, 0.717) is 30.7 Å². The molecule has 0 aromatic carbocycles. The molecule has 0 bridgehead atoms. The van der Waals surface area contributed by atoms with Gasteiger partial charge in [0.2, 0.25) is 0 Å². The van der Waals surface area contributed by atoms with Gasteiger partial charge in [0.05, 0.1) is 6.61 Å². The molecule has 4 heteroatoms. The third-order valence-electron chi connectivity index (χ3n) is 2.92. The first-order chi connectivity index (χ1) is 9.04. The Hall–Kier alpha value is -1.16. The molecule has 1 heterocycles. The van der Waals surface area contributed by atoms with Crippen molar-refractivity contribution in [2.75, 3.05) is 6.61 Å². The Bertz CT molecular complexity index is 382. The van der Waals surface area contributed by atoms with Gasteiger partial charge in [-0.3, -0.25) is 0 Å². The summed E-state index contributed by atoms with van der Waals surface area (Å²) in [6, 6.07) is 2.01. The Balaban J connectivity index is 2.61. The molecule has 0 spiro atoms. The Morgan fingerprint density at radius 2 is 2.11 bits per heavy atom. The summed E-state index contributed by atoms with van der Waals surface area (Å²) in [4.78, 5) is 3.97. The number of aromatic nitrogens is 1. The predicted octanol–water partition coefficient (Wildman–Crippen LogP) is 3.53. The van der Waals surface area contributed by atoms with Crippen molar-refractivity contribution >= 4 is 0 Å². The number of rotatable bonds is 8. The quantitative estimate of drug-likeness (QED) is 0.783. The lowest BCUT2D eigenvalue weighted by Gasteiger charge is -2.14. The fourth-order valence-electron chi connectivity index (χ4n) is 1.81. The van der Waals surface area contributed by atoms with Crippen LogP contribution in [0.4, 0.5) is 4.39 Å². The van der Waals surface area contributed by atoms with Gasteiger partial charge in [0, 0.05) is 24.3 Å².